The summed E-state index contributed by atoms with van der Waals surface area (Å²) in [5, 5.41) is 1.72. The molecule has 2 aliphatic rings. The maximum Gasteiger partial charge on any atom is 0.411 e. The molecule has 1 aromatic heterocycles. The summed E-state index contributed by atoms with van der Waals surface area (Å²) in [6.07, 6.45) is -1.84. The number of hydrogen-bond acceptors (Lipinski definition) is 14. The highest BCUT2D eigenvalue weighted by Gasteiger charge is 2.38. The van der Waals surface area contributed by atoms with Crippen molar-refractivity contribution in [3.63, 3.8) is 0 Å². The van der Waals surface area contributed by atoms with Gasteiger partial charge in [0.05, 0.1) is 42.5 Å². The number of para-hydroxylation sites is 1. The van der Waals surface area contributed by atoms with Crippen LogP contribution in [0.4, 0.5) is 29.6 Å². The normalized spacial score (nSPS) is 14.9. The predicted octanol–water partition coefficient (Wildman–Crippen LogP) is 4.51. The number of methoxy groups -OCH3 is 2. The molecule has 2 saturated carbocycles. The van der Waals surface area contributed by atoms with Crippen LogP contribution in [0.3, 0.4) is 0 Å². The predicted molar refractivity (Wildman–Crippen MR) is 195 cm³/mol. The molecule has 3 aromatic rings. The Labute approximate surface area is 329 Å². The van der Waals surface area contributed by atoms with E-state index in [9.17, 15) is 54.0 Å². The monoisotopic (exact) mass is 861 g/mol. The number of carbonyl (C=O) groups is 5. The number of nitrogens with zero attached hydrogens (tertiary/aromatic N) is 2. The van der Waals surface area contributed by atoms with Crippen LogP contribution in [0.2, 0.25) is 5.02 Å². The molecule has 1 heterocycles. The zero-order chi connectivity index (χ0) is 42.3. The molecule has 308 valence electrons. The van der Waals surface area contributed by atoms with Crippen molar-refractivity contribution >= 4 is 72.4 Å². The van der Waals surface area contributed by atoms with E-state index in [4.69, 9.17) is 21.1 Å². The van der Waals surface area contributed by atoms with Crippen molar-refractivity contribution < 1.29 is 68.2 Å². The van der Waals surface area contributed by atoms with Crippen LogP contribution in [-0.2, 0) is 41.0 Å². The summed E-state index contributed by atoms with van der Waals surface area (Å²) in [5.74, 6) is -3.81. The fourth-order valence-corrected chi connectivity index (χ4v) is 7.44. The molecule has 0 aliphatic heterocycles. The van der Waals surface area contributed by atoms with Crippen molar-refractivity contribution in [1.82, 2.24) is 14.7 Å². The van der Waals surface area contributed by atoms with E-state index in [1.165, 1.54) is 32.4 Å². The van der Waals surface area contributed by atoms with E-state index in [0.29, 0.717) is 6.42 Å². The molecular weight excluding hydrogens is 827 g/mol. The van der Waals surface area contributed by atoms with Gasteiger partial charge < -0.3 is 14.2 Å². The number of carbonyl (C=O) groups excluding carboxylic acids is 5. The second-order valence-electron chi connectivity index (χ2n) is 12.5. The van der Waals surface area contributed by atoms with Gasteiger partial charge in [0.15, 0.2) is 33.0 Å². The van der Waals surface area contributed by atoms with Crippen molar-refractivity contribution in [3.05, 3.63) is 64.2 Å². The highest BCUT2D eigenvalue weighted by Crippen LogP contribution is 2.35. The molecule has 23 heteroatoms. The number of rotatable bonds is 14. The highest BCUT2D eigenvalue weighted by atomic mass is 35.5. The average Bonchev–Trinajstić information content (AvgIpc) is 3.97. The lowest BCUT2D eigenvalue weighted by Crippen LogP contribution is -2.38. The Kier molecular flexibility index (Phi) is 14.4. The molecule has 2 aromatic carbocycles. The van der Waals surface area contributed by atoms with Crippen LogP contribution in [0.1, 0.15) is 58.4 Å². The summed E-state index contributed by atoms with van der Waals surface area (Å²) in [5.41, 5.74) is -0.311. The summed E-state index contributed by atoms with van der Waals surface area (Å²) in [6.45, 7) is -2.47. The SMILES string of the molecule is COc1cc(OC)nc(NC(=O)NS(=O)(=O)Nc2ccccc2C(=O)C2CC2)n1.CS(=O)(=O)c1ccc(C(=O)C2C(=O)CCCC2=O)c(Cl)c1COCC(F)(F)F. The largest absolute Gasteiger partial charge is 0.481 e. The van der Waals surface area contributed by atoms with Crippen LogP contribution in [0, 0.1) is 11.8 Å². The van der Waals surface area contributed by atoms with Gasteiger partial charge in [-0.2, -0.15) is 31.6 Å². The second kappa shape index (κ2) is 18.4. The molecule has 0 unspecified atom stereocenters. The van der Waals surface area contributed by atoms with Crippen LogP contribution in [0.25, 0.3) is 0 Å². The lowest BCUT2D eigenvalue weighted by molar-refractivity contribution is -0.176. The third kappa shape index (κ3) is 12.4. The second-order valence-corrected chi connectivity index (χ2v) is 16.3. The van der Waals surface area contributed by atoms with Gasteiger partial charge in [0.25, 0.3) is 0 Å². The molecule has 5 rings (SSSR count). The van der Waals surface area contributed by atoms with Crippen molar-refractivity contribution in [2.24, 2.45) is 11.8 Å². The number of nitrogens with one attached hydrogen (secondary N) is 3. The Hall–Kier alpha value is -5.19. The summed E-state index contributed by atoms with van der Waals surface area (Å²) in [7, 11) is -5.51. The van der Waals surface area contributed by atoms with Gasteiger partial charge in [0.2, 0.25) is 17.7 Å². The van der Waals surface area contributed by atoms with Crippen LogP contribution < -0.4 is 24.2 Å². The fourth-order valence-electron chi connectivity index (χ4n) is 5.34. The van der Waals surface area contributed by atoms with Gasteiger partial charge in [-0.05, 0) is 43.5 Å². The van der Waals surface area contributed by atoms with Crippen LogP contribution in [0.5, 0.6) is 11.8 Å². The van der Waals surface area contributed by atoms with Crippen molar-refractivity contribution in [1.29, 1.82) is 0 Å². The number of alkyl halides is 3. The van der Waals surface area contributed by atoms with E-state index in [0.717, 1.165) is 31.2 Å². The first-order valence-electron chi connectivity index (χ1n) is 16.6. The Morgan fingerprint density at radius 2 is 1.49 bits per heavy atom. The van der Waals surface area contributed by atoms with Crippen molar-refractivity contribution in [2.75, 3.05) is 37.1 Å². The summed E-state index contributed by atoms with van der Waals surface area (Å²) in [6, 6.07) is 8.52. The summed E-state index contributed by atoms with van der Waals surface area (Å²) < 4.78 is 104. The molecule has 0 atom stereocenters. The number of amides is 2. The number of ketones is 4. The zero-order valence-electron chi connectivity index (χ0n) is 30.3. The van der Waals surface area contributed by atoms with E-state index in [1.807, 2.05) is 0 Å². The highest BCUT2D eigenvalue weighted by molar-refractivity contribution is 7.91. The van der Waals surface area contributed by atoms with Gasteiger partial charge in [-0.3, -0.25) is 29.2 Å². The maximum absolute atomic E-state index is 12.7. The number of aromatic nitrogens is 2. The third-order valence-corrected chi connectivity index (χ3v) is 10.6. The Morgan fingerprint density at radius 1 is 0.895 bits per heavy atom. The molecule has 2 aliphatic carbocycles. The molecular formula is C34H35ClF3N5O12S2. The first-order chi connectivity index (χ1) is 26.6. The number of benzene rings is 2. The number of anilines is 2. The molecule has 2 amide bonds. The first-order valence-corrected chi connectivity index (χ1v) is 20.4. The van der Waals surface area contributed by atoms with Crippen molar-refractivity contribution in [2.45, 2.75) is 49.8 Å². The summed E-state index contributed by atoms with van der Waals surface area (Å²) >= 11 is 6.11. The number of urea groups is 1. The summed E-state index contributed by atoms with van der Waals surface area (Å²) in [4.78, 5) is 68.4. The minimum atomic E-state index is -4.65. The lowest BCUT2D eigenvalue weighted by Gasteiger charge is -2.20. The molecule has 0 saturated heterocycles. The van der Waals surface area contributed by atoms with Gasteiger partial charge in [0, 0.05) is 41.7 Å². The quantitative estimate of drug-likeness (QED) is 0.149. The molecule has 3 N–H and O–H groups in total. The molecule has 0 bridgehead atoms. The Balaban J connectivity index is 0.000000253. The first kappa shape index (κ1) is 44.5. The van der Waals surface area contributed by atoms with Crippen LogP contribution in [0.15, 0.2) is 47.4 Å². The van der Waals surface area contributed by atoms with Gasteiger partial charge in [-0.1, -0.05) is 23.7 Å². The Morgan fingerprint density at radius 3 is 2.04 bits per heavy atom. The minimum Gasteiger partial charge on any atom is -0.481 e. The van der Waals surface area contributed by atoms with E-state index in [1.54, 1.807) is 16.9 Å². The Bertz CT molecular complexity index is 2250. The van der Waals surface area contributed by atoms with Gasteiger partial charge in [-0.25, -0.2) is 17.9 Å². The number of sulfone groups is 1. The average molecular weight is 862 g/mol. The third-order valence-electron chi connectivity index (χ3n) is 8.06. The van der Waals surface area contributed by atoms with Crippen molar-refractivity contribution in [3.8, 4) is 11.8 Å². The molecule has 57 heavy (non-hydrogen) atoms. The molecule has 0 radical (unpaired) electrons. The maximum atomic E-state index is 12.7. The number of ether oxygens (including phenoxy) is 3. The minimum absolute atomic E-state index is 0.0444. The zero-order valence-corrected chi connectivity index (χ0v) is 32.7. The lowest BCUT2D eigenvalue weighted by atomic mass is 9.81. The smallest absolute Gasteiger partial charge is 0.411 e. The van der Waals surface area contributed by atoms with E-state index in [-0.39, 0.29) is 64.6 Å². The molecule has 17 nitrogen and oxygen atoms in total. The van der Waals surface area contributed by atoms with E-state index in [2.05, 4.69) is 24.7 Å². The van der Waals surface area contributed by atoms with Crippen LogP contribution in [-0.4, -0.2) is 89.2 Å². The number of Topliss-reactive ketones (excluding diaryl/α,β-unsaturated/α-hetero) is 4. The fraction of sp³-hybridized carbons (Fsp3) is 0.382. The molecule has 0 spiro atoms. The van der Waals surface area contributed by atoms with Gasteiger partial charge in [-0.15, -0.1) is 0 Å². The van der Waals surface area contributed by atoms with Gasteiger partial charge in [0.1, 0.15) is 12.5 Å². The standard InChI is InChI=1S/C17H16ClF3O6S.C17H19N5O6S/c1-28(25,26)13-6-5-9(15(18)10(13)7-27-8-17(19,20)21)16(24)14-11(22)3-2-4-12(14)23;1-27-13-9-14(28-2)19-16(18-13)20-17(24)22-29(25,26)21-12-6-4-3-5-11(12)15(23)10-7-8-10/h5-6,14H,2-4,7-8H2,1H3;3-6,9-10,21H,7-8H2,1-2H3,(H2,18,19,20,22,24). The number of hydrogen-bond donors (Lipinski definition) is 3. The molecule has 2 fully saturated rings. The van der Waals surface area contributed by atoms with E-state index >= 15 is 0 Å². The van der Waals surface area contributed by atoms with Crippen LogP contribution >= 0.6 is 11.6 Å². The topological polar surface area (TPSA) is 243 Å². The van der Waals surface area contributed by atoms with E-state index < -0.39 is 78.7 Å². The van der Waals surface area contributed by atoms with Gasteiger partial charge >= 0.3 is 22.4 Å². The number of halogens is 4.